The molecule has 0 aliphatic rings. The number of nitrogens with zero attached hydrogens (tertiary/aromatic N) is 1. The largest absolute Gasteiger partial charge is 0.465 e. The molecule has 0 aliphatic carbocycles. The molecule has 1 heterocycles. The van der Waals surface area contributed by atoms with E-state index >= 15 is 0 Å². The molecule has 6 nitrogen and oxygen atoms in total. The van der Waals surface area contributed by atoms with E-state index in [1.165, 1.54) is 26.3 Å². The SMILES string of the molecule is COC(=O)c1cnc(N)c(C(C(C)=O)c2cccc(N)c2)c1. The summed E-state index contributed by atoms with van der Waals surface area (Å²) in [6.45, 7) is 1.46. The molecule has 0 radical (unpaired) electrons. The molecule has 0 amide bonds. The summed E-state index contributed by atoms with van der Waals surface area (Å²) >= 11 is 0. The minimum Gasteiger partial charge on any atom is -0.465 e. The summed E-state index contributed by atoms with van der Waals surface area (Å²) in [6.07, 6.45) is 1.32. The number of anilines is 2. The lowest BCUT2D eigenvalue weighted by Crippen LogP contribution is -2.15. The van der Waals surface area contributed by atoms with Crippen LogP contribution in [0.1, 0.15) is 34.3 Å². The molecule has 0 saturated carbocycles. The van der Waals surface area contributed by atoms with Crippen LogP contribution in [0.3, 0.4) is 0 Å². The monoisotopic (exact) mass is 299 g/mol. The lowest BCUT2D eigenvalue weighted by atomic mass is 9.87. The van der Waals surface area contributed by atoms with Gasteiger partial charge in [-0.2, -0.15) is 0 Å². The van der Waals surface area contributed by atoms with Gasteiger partial charge in [0, 0.05) is 17.4 Å². The minimum absolute atomic E-state index is 0.124. The molecule has 2 rings (SSSR count). The van der Waals surface area contributed by atoms with Gasteiger partial charge in [-0.3, -0.25) is 4.79 Å². The molecule has 1 aromatic heterocycles. The Balaban J connectivity index is 2.58. The van der Waals surface area contributed by atoms with Crippen molar-refractivity contribution in [3.63, 3.8) is 0 Å². The lowest BCUT2D eigenvalue weighted by molar-refractivity contribution is -0.117. The maximum Gasteiger partial charge on any atom is 0.339 e. The molecule has 114 valence electrons. The van der Waals surface area contributed by atoms with E-state index in [4.69, 9.17) is 11.5 Å². The minimum atomic E-state index is -0.638. The number of carbonyl (C=O) groups is 2. The topological polar surface area (TPSA) is 108 Å². The third-order valence-corrected chi connectivity index (χ3v) is 3.33. The van der Waals surface area contributed by atoms with Gasteiger partial charge in [-0.15, -0.1) is 0 Å². The Hall–Kier alpha value is -2.89. The van der Waals surface area contributed by atoms with Gasteiger partial charge in [0.05, 0.1) is 18.6 Å². The van der Waals surface area contributed by atoms with Crippen LogP contribution in [0.15, 0.2) is 36.5 Å². The first-order valence-corrected chi connectivity index (χ1v) is 6.63. The molecule has 0 saturated heterocycles. The lowest BCUT2D eigenvalue weighted by Gasteiger charge is -2.17. The van der Waals surface area contributed by atoms with Crippen LogP contribution >= 0.6 is 0 Å². The molecule has 0 fully saturated rings. The summed E-state index contributed by atoms with van der Waals surface area (Å²) < 4.78 is 4.67. The van der Waals surface area contributed by atoms with Gasteiger partial charge in [-0.25, -0.2) is 9.78 Å². The molecule has 1 aromatic carbocycles. The van der Waals surface area contributed by atoms with Gasteiger partial charge >= 0.3 is 5.97 Å². The van der Waals surface area contributed by atoms with Crippen LogP contribution in [0.2, 0.25) is 0 Å². The van der Waals surface area contributed by atoms with Crippen LogP contribution in [0.4, 0.5) is 11.5 Å². The number of aromatic nitrogens is 1. The van der Waals surface area contributed by atoms with Gasteiger partial charge < -0.3 is 16.2 Å². The van der Waals surface area contributed by atoms with Crippen LogP contribution in [-0.2, 0) is 9.53 Å². The summed E-state index contributed by atoms with van der Waals surface area (Å²) in [7, 11) is 1.28. The number of ether oxygens (including phenoxy) is 1. The first kappa shape index (κ1) is 15.5. The standard InChI is InChI=1S/C16H17N3O3/c1-9(20)14(10-4-3-5-12(17)6-10)13-7-11(16(21)22-2)8-19-15(13)18/h3-8,14H,17H2,1-2H3,(H2,18,19). The van der Waals surface area contributed by atoms with Crippen molar-refractivity contribution >= 4 is 23.3 Å². The van der Waals surface area contributed by atoms with E-state index in [0.29, 0.717) is 16.8 Å². The number of rotatable bonds is 4. The molecule has 1 atom stereocenters. The third kappa shape index (κ3) is 3.06. The highest BCUT2D eigenvalue weighted by molar-refractivity contribution is 5.92. The molecule has 6 heteroatoms. The number of ketones is 1. The normalized spacial score (nSPS) is 11.7. The third-order valence-electron chi connectivity index (χ3n) is 3.33. The number of Topliss-reactive ketones (excluding diaryl/α,β-unsaturated/α-hetero) is 1. The van der Waals surface area contributed by atoms with Gasteiger partial charge in [0.2, 0.25) is 0 Å². The fraction of sp³-hybridized carbons (Fsp3) is 0.188. The number of pyridine rings is 1. The zero-order chi connectivity index (χ0) is 16.3. The van der Waals surface area contributed by atoms with Crippen molar-refractivity contribution < 1.29 is 14.3 Å². The summed E-state index contributed by atoms with van der Waals surface area (Å²) in [4.78, 5) is 27.8. The molecule has 0 spiro atoms. The second-order valence-electron chi connectivity index (χ2n) is 4.90. The number of nitrogens with two attached hydrogens (primary N) is 2. The van der Waals surface area contributed by atoms with Crippen molar-refractivity contribution in [2.75, 3.05) is 18.6 Å². The number of hydrogen-bond donors (Lipinski definition) is 2. The molecular weight excluding hydrogens is 282 g/mol. The van der Waals surface area contributed by atoms with Crippen molar-refractivity contribution in [1.29, 1.82) is 0 Å². The van der Waals surface area contributed by atoms with Gasteiger partial charge in [0.25, 0.3) is 0 Å². The Morgan fingerprint density at radius 3 is 2.55 bits per heavy atom. The Kier molecular flexibility index (Phi) is 4.41. The number of carbonyl (C=O) groups excluding carboxylic acids is 2. The van der Waals surface area contributed by atoms with Gasteiger partial charge in [-0.05, 0) is 30.7 Å². The first-order valence-electron chi connectivity index (χ1n) is 6.63. The van der Waals surface area contributed by atoms with Crippen molar-refractivity contribution in [2.24, 2.45) is 0 Å². The predicted molar refractivity (Wildman–Crippen MR) is 83.4 cm³/mol. The van der Waals surface area contributed by atoms with E-state index in [-0.39, 0.29) is 17.2 Å². The van der Waals surface area contributed by atoms with Crippen LogP contribution < -0.4 is 11.5 Å². The number of methoxy groups -OCH3 is 1. The van der Waals surface area contributed by atoms with E-state index < -0.39 is 11.9 Å². The van der Waals surface area contributed by atoms with E-state index in [2.05, 4.69) is 9.72 Å². The first-order chi connectivity index (χ1) is 10.4. The van der Waals surface area contributed by atoms with Crippen LogP contribution in [-0.4, -0.2) is 23.8 Å². The second kappa shape index (κ2) is 6.26. The van der Waals surface area contributed by atoms with Gasteiger partial charge in [-0.1, -0.05) is 12.1 Å². The Morgan fingerprint density at radius 1 is 1.23 bits per heavy atom. The highest BCUT2D eigenvalue weighted by Gasteiger charge is 2.24. The zero-order valence-corrected chi connectivity index (χ0v) is 12.4. The summed E-state index contributed by atoms with van der Waals surface area (Å²) in [5.74, 6) is -1.11. The Bertz CT molecular complexity index is 728. The van der Waals surface area contributed by atoms with Crippen LogP contribution in [0.5, 0.6) is 0 Å². The number of benzene rings is 1. The number of hydrogen-bond acceptors (Lipinski definition) is 6. The predicted octanol–water partition coefficient (Wildman–Crippen LogP) is 1.75. The molecule has 2 aromatic rings. The molecule has 1 unspecified atom stereocenters. The van der Waals surface area contributed by atoms with Crippen molar-refractivity contribution in [1.82, 2.24) is 4.98 Å². The number of nitrogen functional groups attached to an aromatic ring is 2. The summed E-state index contributed by atoms with van der Waals surface area (Å²) in [5, 5.41) is 0. The average molecular weight is 299 g/mol. The van der Waals surface area contributed by atoms with E-state index in [1.54, 1.807) is 24.3 Å². The number of esters is 1. The molecule has 0 bridgehead atoms. The molecule has 4 N–H and O–H groups in total. The van der Waals surface area contributed by atoms with Gasteiger partial charge in [0.1, 0.15) is 11.6 Å². The van der Waals surface area contributed by atoms with Crippen molar-refractivity contribution in [2.45, 2.75) is 12.8 Å². The fourth-order valence-corrected chi connectivity index (χ4v) is 2.32. The highest BCUT2D eigenvalue weighted by Crippen LogP contribution is 2.30. The van der Waals surface area contributed by atoms with Crippen LogP contribution in [0, 0.1) is 0 Å². The summed E-state index contributed by atoms with van der Waals surface area (Å²) in [5.41, 5.74) is 13.6. The molecular formula is C16H17N3O3. The second-order valence-corrected chi connectivity index (χ2v) is 4.90. The van der Waals surface area contributed by atoms with Crippen molar-refractivity contribution in [3.8, 4) is 0 Å². The Morgan fingerprint density at radius 2 is 1.95 bits per heavy atom. The average Bonchev–Trinajstić information content (AvgIpc) is 2.48. The molecule has 22 heavy (non-hydrogen) atoms. The summed E-state index contributed by atoms with van der Waals surface area (Å²) in [6, 6.07) is 8.51. The van der Waals surface area contributed by atoms with Crippen molar-refractivity contribution in [3.05, 3.63) is 53.2 Å². The highest BCUT2D eigenvalue weighted by atomic mass is 16.5. The quantitative estimate of drug-likeness (QED) is 0.657. The van der Waals surface area contributed by atoms with Gasteiger partial charge in [0.15, 0.2) is 0 Å². The maximum absolute atomic E-state index is 12.1. The van der Waals surface area contributed by atoms with E-state index in [0.717, 1.165) is 0 Å². The zero-order valence-electron chi connectivity index (χ0n) is 12.4. The fourth-order valence-electron chi connectivity index (χ4n) is 2.32. The smallest absolute Gasteiger partial charge is 0.339 e. The van der Waals surface area contributed by atoms with Crippen LogP contribution in [0.25, 0.3) is 0 Å². The maximum atomic E-state index is 12.1. The Labute approximate surface area is 128 Å². The van der Waals surface area contributed by atoms with E-state index in [9.17, 15) is 9.59 Å². The molecule has 0 aliphatic heterocycles. The van der Waals surface area contributed by atoms with E-state index in [1.807, 2.05) is 0 Å².